The third-order valence-electron chi connectivity index (χ3n) is 3.06. The van der Waals surface area contributed by atoms with Crippen LogP contribution < -0.4 is 10.2 Å². The topological polar surface area (TPSA) is 70.9 Å². The smallest absolute Gasteiger partial charge is 0.277 e. The normalized spacial score (nSPS) is 10.7. The van der Waals surface area contributed by atoms with Crippen molar-refractivity contribution < 1.29 is 14.6 Å². The van der Waals surface area contributed by atoms with E-state index in [0.717, 1.165) is 16.7 Å². The highest BCUT2D eigenvalue weighted by Gasteiger charge is 2.04. The highest BCUT2D eigenvalue weighted by Crippen LogP contribution is 2.23. The summed E-state index contributed by atoms with van der Waals surface area (Å²) in [5.41, 5.74) is 5.26. The van der Waals surface area contributed by atoms with Gasteiger partial charge in [-0.1, -0.05) is 17.7 Å². The number of aryl methyl sites for hydroxylation is 2. The zero-order chi connectivity index (χ0) is 16.8. The Balaban J connectivity index is 1.85. The quantitative estimate of drug-likeness (QED) is 0.621. The molecule has 0 aromatic heterocycles. The second-order valence-electron chi connectivity index (χ2n) is 5.06. The van der Waals surface area contributed by atoms with Gasteiger partial charge in [-0.3, -0.25) is 4.79 Å². The minimum absolute atomic E-state index is 0.111. The number of aromatic hydroxyl groups is 1. The van der Waals surface area contributed by atoms with Crippen molar-refractivity contribution in [3.05, 3.63) is 57.6 Å². The zero-order valence-corrected chi connectivity index (χ0v) is 14.4. The number of phenols is 1. The molecule has 0 aliphatic carbocycles. The van der Waals surface area contributed by atoms with Crippen molar-refractivity contribution in [1.82, 2.24) is 5.43 Å². The van der Waals surface area contributed by atoms with Gasteiger partial charge in [0.1, 0.15) is 11.5 Å². The molecule has 2 N–H and O–H groups in total. The molecule has 1 amide bonds. The van der Waals surface area contributed by atoms with Crippen molar-refractivity contribution in [2.45, 2.75) is 13.8 Å². The van der Waals surface area contributed by atoms with E-state index in [-0.39, 0.29) is 18.3 Å². The van der Waals surface area contributed by atoms with Crippen LogP contribution in [0.4, 0.5) is 0 Å². The first-order valence-corrected chi connectivity index (χ1v) is 7.75. The van der Waals surface area contributed by atoms with Crippen molar-refractivity contribution >= 4 is 28.1 Å². The molecule has 0 radical (unpaired) electrons. The average Bonchev–Trinajstić information content (AvgIpc) is 2.50. The molecule has 0 spiro atoms. The lowest BCUT2D eigenvalue weighted by Crippen LogP contribution is -2.24. The van der Waals surface area contributed by atoms with Crippen LogP contribution in [0, 0.1) is 13.8 Å². The summed E-state index contributed by atoms with van der Waals surface area (Å²) < 4.78 is 6.03. The van der Waals surface area contributed by atoms with E-state index in [4.69, 9.17) is 4.74 Å². The van der Waals surface area contributed by atoms with E-state index < -0.39 is 0 Å². The Kier molecular flexibility index (Phi) is 5.76. The fourth-order valence-corrected chi connectivity index (χ4v) is 2.32. The number of hydrazone groups is 1. The van der Waals surface area contributed by atoms with Crippen molar-refractivity contribution in [1.29, 1.82) is 0 Å². The number of nitrogens with one attached hydrogen (secondary N) is 1. The maximum Gasteiger partial charge on any atom is 0.277 e. The van der Waals surface area contributed by atoms with E-state index in [1.807, 2.05) is 32.0 Å². The molecule has 2 aromatic carbocycles. The molecule has 0 saturated carbocycles. The molecular formula is C17H17BrN2O3. The Hall–Kier alpha value is -2.34. The summed E-state index contributed by atoms with van der Waals surface area (Å²) >= 11 is 3.21. The number of phenolic OH excluding ortho intramolecular Hbond substituents is 1. The van der Waals surface area contributed by atoms with E-state index in [1.165, 1.54) is 12.3 Å². The molecule has 5 nitrogen and oxygen atoms in total. The first kappa shape index (κ1) is 17.0. The van der Waals surface area contributed by atoms with Gasteiger partial charge in [-0.2, -0.15) is 5.10 Å². The predicted octanol–water partition coefficient (Wildman–Crippen LogP) is 3.30. The van der Waals surface area contributed by atoms with Crippen LogP contribution >= 0.6 is 15.9 Å². The second kappa shape index (κ2) is 7.78. The third-order valence-corrected chi connectivity index (χ3v) is 3.70. The maximum absolute atomic E-state index is 11.7. The summed E-state index contributed by atoms with van der Waals surface area (Å²) in [6.07, 6.45) is 1.49. The number of hydrogen-bond acceptors (Lipinski definition) is 4. The van der Waals surface area contributed by atoms with Gasteiger partial charge in [0, 0.05) is 0 Å². The fraction of sp³-hybridized carbons (Fsp3) is 0.176. The standard InChI is InChI=1S/C17H17BrN2O3/c1-11-3-6-16(12(2)7-11)23-10-17(22)20-19-9-13-4-5-15(21)14(18)8-13/h3-9,21H,10H2,1-2H3,(H,20,22). The lowest BCUT2D eigenvalue weighted by molar-refractivity contribution is -0.123. The molecule has 0 fully saturated rings. The van der Waals surface area contributed by atoms with Gasteiger partial charge in [0.05, 0.1) is 10.7 Å². The Morgan fingerprint density at radius 2 is 2.09 bits per heavy atom. The summed E-state index contributed by atoms with van der Waals surface area (Å²) in [4.78, 5) is 11.7. The summed E-state index contributed by atoms with van der Waals surface area (Å²) in [6, 6.07) is 10.7. The molecule has 0 saturated heterocycles. The summed E-state index contributed by atoms with van der Waals surface area (Å²) in [7, 11) is 0. The third kappa shape index (κ3) is 5.10. The van der Waals surface area contributed by atoms with Gasteiger partial charge in [0.25, 0.3) is 5.91 Å². The molecule has 23 heavy (non-hydrogen) atoms. The molecule has 0 bridgehead atoms. The summed E-state index contributed by atoms with van der Waals surface area (Å²) in [6.45, 7) is 3.82. The lowest BCUT2D eigenvalue weighted by Gasteiger charge is -2.08. The number of nitrogens with zero attached hydrogens (tertiary/aromatic N) is 1. The Morgan fingerprint density at radius 3 is 2.78 bits per heavy atom. The molecule has 2 rings (SSSR count). The van der Waals surface area contributed by atoms with Gasteiger partial charge < -0.3 is 9.84 Å². The van der Waals surface area contributed by atoms with Gasteiger partial charge in [-0.25, -0.2) is 5.43 Å². The van der Waals surface area contributed by atoms with E-state index in [9.17, 15) is 9.90 Å². The van der Waals surface area contributed by atoms with Crippen LogP contribution in [0.3, 0.4) is 0 Å². The van der Waals surface area contributed by atoms with Gasteiger partial charge in [0.15, 0.2) is 6.61 Å². The highest BCUT2D eigenvalue weighted by atomic mass is 79.9. The number of hydrogen-bond donors (Lipinski definition) is 2. The van der Waals surface area contributed by atoms with Crippen molar-refractivity contribution in [2.75, 3.05) is 6.61 Å². The number of benzene rings is 2. The van der Waals surface area contributed by atoms with Crippen LogP contribution in [0.2, 0.25) is 0 Å². The van der Waals surface area contributed by atoms with Crippen molar-refractivity contribution in [3.63, 3.8) is 0 Å². The fourth-order valence-electron chi connectivity index (χ4n) is 1.92. The van der Waals surface area contributed by atoms with Crippen LogP contribution in [0.15, 0.2) is 46.0 Å². The number of halogens is 1. The van der Waals surface area contributed by atoms with Crippen LogP contribution in [0.1, 0.15) is 16.7 Å². The molecule has 0 heterocycles. The average molecular weight is 377 g/mol. The highest BCUT2D eigenvalue weighted by molar-refractivity contribution is 9.10. The number of rotatable bonds is 5. The molecule has 0 atom stereocenters. The molecular weight excluding hydrogens is 360 g/mol. The number of amides is 1. The van der Waals surface area contributed by atoms with Gasteiger partial charge in [-0.05, 0) is 65.2 Å². The molecule has 0 aliphatic heterocycles. The summed E-state index contributed by atoms with van der Waals surface area (Å²) in [5.74, 6) is 0.476. The van der Waals surface area contributed by atoms with Crippen molar-refractivity contribution in [3.8, 4) is 11.5 Å². The van der Waals surface area contributed by atoms with Crippen molar-refractivity contribution in [2.24, 2.45) is 5.10 Å². The zero-order valence-electron chi connectivity index (χ0n) is 12.8. The minimum Gasteiger partial charge on any atom is -0.507 e. The Labute approximate surface area is 143 Å². The lowest BCUT2D eigenvalue weighted by atomic mass is 10.1. The molecule has 0 aliphatic rings. The SMILES string of the molecule is Cc1ccc(OCC(=O)NN=Cc2ccc(O)c(Br)c2)c(C)c1. The second-order valence-corrected chi connectivity index (χ2v) is 5.92. The van der Waals surface area contributed by atoms with Crippen LogP contribution in [-0.4, -0.2) is 23.8 Å². The maximum atomic E-state index is 11.7. The Morgan fingerprint density at radius 1 is 1.30 bits per heavy atom. The van der Waals surface area contributed by atoms with E-state index >= 15 is 0 Å². The number of carbonyl (C=O) groups excluding carboxylic acids is 1. The van der Waals surface area contributed by atoms with E-state index in [1.54, 1.807) is 12.1 Å². The van der Waals surface area contributed by atoms with Gasteiger partial charge >= 0.3 is 0 Å². The first-order valence-electron chi connectivity index (χ1n) is 6.96. The molecule has 120 valence electrons. The molecule has 2 aromatic rings. The number of carbonyl (C=O) groups is 1. The predicted molar refractivity (Wildman–Crippen MR) is 93.0 cm³/mol. The molecule has 6 heteroatoms. The Bertz CT molecular complexity index is 745. The minimum atomic E-state index is -0.348. The van der Waals surface area contributed by atoms with E-state index in [0.29, 0.717) is 10.2 Å². The van der Waals surface area contributed by atoms with Gasteiger partial charge in [-0.15, -0.1) is 0 Å². The number of ether oxygens (including phenoxy) is 1. The monoisotopic (exact) mass is 376 g/mol. The first-order chi connectivity index (χ1) is 11.0. The van der Waals surface area contributed by atoms with Crippen LogP contribution in [0.25, 0.3) is 0 Å². The molecule has 0 unspecified atom stereocenters. The van der Waals surface area contributed by atoms with E-state index in [2.05, 4.69) is 26.5 Å². The van der Waals surface area contributed by atoms with Crippen LogP contribution in [0.5, 0.6) is 11.5 Å². The largest absolute Gasteiger partial charge is 0.507 e. The van der Waals surface area contributed by atoms with Crippen LogP contribution in [-0.2, 0) is 4.79 Å². The summed E-state index contributed by atoms with van der Waals surface area (Å²) in [5, 5.41) is 13.3. The van der Waals surface area contributed by atoms with Gasteiger partial charge in [0.2, 0.25) is 0 Å².